The minimum atomic E-state index is -1.68. The molecule has 2 aromatic rings. The number of rotatable bonds is 6. The zero-order valence-electron chi connectivity index (χ0n) is 26.2. The van der Waals surface area contributed by atoms with Gasteiger partial charge in [-0.25, -0.2) is 19.2 Å². The maximum absolute atomic E-state index is 14.5. The standard InChI is InChI=1S/C32H28INO10S3/c1-31(2)25-20(18-13-12-17(40-3)14-19(18)34(31)26(35)15-8-10-16(33)11-9-15)32(21(27(36)41-4)22(45-25)28(37)42-5)46-23(29(38)43-6)24(47-32)30(39)44-7/h8-14H,1-7H3. The van der Waals surface area contributed by atoms with Gasteiger partial charge in [-0.3, -0.25) is 9.69 Å². The third-order valence-electron chi connectivity index (χ3n) is 7.64. The van der Waals surface area contributed by atoms with E-state index < -0.39 is 33.5 Å². The lowest BCUT2D eigenvalue weighted by Crippen LogP contribution is -2.53. The smallest absolute Gasteiger partial charge is 0.345 e. The molecule has 0 bridgehead atoms. The fraction of sp³-hybridized carbons (Fsp3) is 0.281. The zero-order valence-corrected chi connectivity index (χ0v) is 30.8. The molecule has 1 spiro atoms. The fourth-order valence-corrected chi connectivity index (χ4v) is 10.9. The minimum Gasteiger partial charge on any atom is -0.497 e. The summed E-state index contributed by atoms with van der Waals surface area (Å²) in [4.78, 5) is 69.9. The lowest BCUT2D eigenvalue weighted by molar-refractivity contribution is -0.138. The third-order valence-corrected chi connectivity index (χ3v) is 13.0. The molecule has 0 N–H and O–H groups in total. The molecule has 0 atom stereocenters. The summed E-state index contributed by atoms with van der Waals surface area (Å²) in [5.41, 5.74) is 0.481. The largest absolute Gasteiger partial charge is 0.497 e. The highest BCUT2D eigenvalue weighted by atomic mass is 127. The molecule has 11 nitrogen and oxygen atoms in total. The van der Waals surface area contributed by atoms with Crippen LogP contribution in [0.3, 0.4) is 0 Å². The van der Waals surface area contributed by atoms with E-state index in [4.69, 9.17) is 23.7 Å². The Kier molecular flexibility index (Phi) is 9.84. The number of amides is 1. The Hall–Kier alpha value is -3.41. The average Bonchev–Trinajstić information content (AvgIpc) is 3.46. The van der Waals surface area contributed by atoms with Crippen LogP contribution in [0.4, 0.5) is 5.69 Å². The van der Waals surface area contributed by atoms with Crippen molar-refractivity contribution in [1.82, 2.24) is 0 Å². The fourth-order valence-electron chi connectivity index (χ4n) is 5.51. The van der Waals surface area contributed by atoms with Gasteiger partial charge in [-0.15, -0.1) is 0 Å². The first-order chi connectivity index (χ1) is 22.3. The van der Waals surface area contributed by atoms with E-state index in [1.165, 1.54) is 14.2 Å². The van der Waals surface area contributed by atoms with Crippen LogP contribution in [0.1, 0.15) is 29.8 Å². The summed E-state index contributed by atoms with van der Waals surface area (Å²) in [6, 6.07) is 12.3. The molecule has 0 aromatic heterocycles. The molecule has 0 fully saturated rings. The number of hydrogen-bond acceptors (Lipinski definition) is 13. The number of ether oxygens (including phenoxy) is 5. The first-order valence-electron chi connectivity index (χ1n) is 13.7. The molecule has 2 aromatic carbocycles. The Morgan fingerprint density at radius 2 is 1.26 bits per heavy atom. The van der Waals surface area contributed by atoms with Crippen LogP contribution in [0.15, 0.2) is 67.7 Å². The highest BCUT2D eigenvalue weighted by Crippen LogP contribution is 2.71. The van der Waals surface area contributed by atoms with E-state index in [9.17, 15) is 24.0 Å². The molecule has 246 valence electrons. The van der Waals surface area contributed by atoms with Crippen LogP contribution in [0.2, 0.25) is 0 Å². The summed E-state index contributed by atoms with van der Waals surface area (Å²) >= 11 is 4.86. The van der Waals surface area contributed by atoms with Gasteiger partial charge in [0, 0.05) is 31.2 Å². The van der Waals surface area contributed by atoms with Gasteiger partial charge in [-0.05, 0) is 72.8 Å². The quantitative estimate of drug-likeness (QED) is 0.206. The Morgan fingerprint density at radius 3 is 1.77 bits per heavy atom. The molecule has 0 aliphatic carbocycles. The number of benzene rings is 2. The molecule has 3 heterocycles. The topological polar surface area (TPSA) is 135 Å². The normalized spacial score (nSPS) is 17.6. The second-order valence-electron chi connectivity index (χ2n) is 10.5. The van der Waals surface area contributed by atoms with E-state index in [2.05, 4.69) is 22.6 Å². The van der Waals surface area contributed by atoms with Crippen LogP contribution in [0, 0.1) is 3.57 Å². The third kappa shape index (κ3) is 5.64. The molecule has 0 unspecified atom stereocenters. The van der Waals surface area contributed by atoms with Gasteiger partial charge in [0.25, 0.3) is 5.91 Å². The molecule has 0 radical (unpaired) electrons. The summed E-state index contributed by atoms with van der Waals surface area (Å²) in [7, 11) is 6.17. The Morgan fingerprint density at radius 1 is 0.723 bits per heavy atom. The first-order valence-corrected chi connectivity index (χ1v) is 17.3. The van der Waals surface area contributed by atoms with Gasteiger partial charge in [0.1, 0.15) is 24.5 Å². The van der Waals surface area contributed by atoms with Crippen molar-refractivity contribution in [2.45, 2.75) is 23.5 Å². The van der Waals surface area contributed by atoms with Gasteiger partial charge in [0.15, 0.2) is 0 Å². The van der Waals surface area contributed by atoms with Crippen LogP contribution in [0.5, 0.6) is 5.75 Å². The number of carbonyl (C=O) groups is 5. The van der Waals surface area contributed by atoms with Crippen molar-refractivity contribution in [2.24, 2.45) is 0 Å². The highest BCUT2D eigenvalue weighted by molar-refractivity contribution is 14.1. The minimum absolute atomic E-state index is 0.125. The summed E-state index contributed by atoms with van der Waals surface area (Å²) in [5.74, 6) is -3.30. The number of esters is 4. The van der Waals surface area contributed by atoms with Crippen molar-refractivity contribution in [3.05, 3.63) is 82.4 Å². The second-order valence-corrected chi connectivity index (χ2v) is 15.5. The number of methoxy groups -OCH3 is 5. The molecule has 3 aliphatic heterocycles. The number of thioether (sulfide) groups is 3. The van der Waals surface area contributed by atoms with Gasteiger partial charge in [0.2, 0.25) is 0 Å². The van der Waals surface area contributed by atoms with E-state index in [-0.39, 0.29) is 26.2 Å². The lowest BCUT2D eigenvalue weighted by Gasteiger charge is -2.50. The molecule has 47 heavy (non-hydrogen) atoms. The van der Waals surface area contributed by atoms with Gasteiger partial charge >= 0.3 is 23.9 Å². The Balaban J connectivity index is 1.89. The van der Waals surface area contributed by atoms with Crippen molar-refractivity contribution >= 4 is 98.9 Å². The van der Waals surface area contributed by atoms with Gasteiger partial charge in [-0.1, -0.05) is 35.3 Å². The van der Waals surface area contributed by atoms with E-state index in [0.717, 1.165) is 60.2 Å². The molecule has 0 saturated carbocycles. The number of nitrogens with zero attached hydrogens (tertiary/aromatic N) is 1. The monoisotopic (exact) mass is 809 g/mol. The number of hydrogen-bond donors (Lipinski definition) is 0. The summed E-state index contributed by atoms with van der Waals surface area (Å²) in [5, 5.41) is 0. The van der Waals surface area contributed by atoms with Crippen molar-refractivity contribution in [3.63, 3.8) is 0 Å². The molecule has 5 rings (SSSR count). The number of carbonyl (C=O) groups excluding carboxylic acids is 5. The van der Waals surface area contributed by atoms with Crippen molar-refractivity contribution in [1.29, 1.82) is 0 Å². The van der Waals surface area contributed by atoms with Gasteiger partial charge in [-0.2, -0.15) is 0 Å². The predicted molar refractivity (Wildman–Crippen MR) is 188 cm³/mol. The lowest BCUT2D eigenvalue weighted by atomic mass is 9.83. The first kappa shape index (κ1) is 34.9. The second kappa shape index (κ2) is 13.2. The maximum atomic E-state index is 14.5. The Bertz CT molecular complexity index is 1800. The number of fused-ring (bicyclic) bond motifs is 3. The number of halogens is 1. The summed E-state index contributed by atoms with van der Waals surface area (Å²) in [6.45, 7) is 3.63. The molecule has 15 heteroatoms. The van der Waals surface area contributed by atoms with Crippen LogP contribution in [0.25, 0.3) is 5.57 Å². The van der Waals surface area contributed by atoms with E-state index in [0.29, 0.717) is 33.0 Å². The highest BCUT2D eigenvalue weighted by Gasteiger charge is 2.61. The van der Waals surface area contributed by atoms with E-state index in [1.54, 1.807) is 35.2 Å². The number of anilines is 1. The van der Waals surface area contributed by atoms with Crippen LogP contribution >= 0.6 is 57.9 Å². The Labute approximate surface area is 296 Å². The predicted octanol–water partition coefficient (Wildman–Crippen LogP) is 5.53. The van der Waals surface area contributed by atoms with Gasteiger partial charge < -0.3 is 23.7 Å². The van der Waals surface area contributed by atoms with Crippen LogP contribution in [-0.2, 0) is 38.1 Å². The molecule has 1 amide bonds. The van der Waals surface area contributed by atoms with Crippen LogP contribution < -0.4 is 9.64 Å². The van der Waals surface area contributed by atoms with Crippen molar-refractivity contribution < 1.29 is 47.7 Å². The van der Waals surface area contributed by atoms with Gasteiger partial charge in [0.05, 0.1) is 52.3 Å². The molecular weight excluding hydrogens is 781 g/mol. The van der Waals surface area contributed by atoms with E-state index in [1.807, 2.05) is 26.0 Å². The maximum Gasteiger partial charge on any atom is 0.345 e. The van der Waals surface area contributed by atoms with Crippen molar-refractivity contribution in [3.8, 4) is 5.75 Å². The molecule has 0 saturated heterocycles. The summed E-state index contributed by atoms with van der Waals surface area (Å²) in [6.07, 6.45) is 0. The average molecular weight is 810 g/mol. The molecular formula is C32H28INO10S3. The van der Waals surface area contributed by atoms with Crippen LogP contribution in [-0.4, -0.2) is 75.0 Å². The zero-order chi connectivity index (χ0) is 34.4. The SMILES string of the molecule is COC(=O)C1=C(C(=O)OC)SC2(S1)C(C(=O)OC)=C(C(=O)OC)SC1=C2c2ccc(OC)cc2N(C(=O)c2ccc(I)cc2)C1(C)C. The van der Waals surface area contributed by atoms with Crippen molar-refractivity contribution in [2.75, 3.05) is 40.4 Å². The van der Waals surface area contributed by atoms with E-state index >= 15 is 0 Å². The summed E-state index contributed by atoms with van der Waals surface area (Å²) < 4.78 is 25.3. The molecule has 3 aliphatic rings.